The second-order valence-corrected chi connectivity index (χ2v) is 7.09. The molecule has 2 aromatic rings. The number of nitrogens with zero attached hydrogens (tertiary/aromatic N) is 4. The first-order valence-corrected chi connectivity index (χ1v) is 8.98. The van der Waals surface area contributed by atoms with Gasteiger partial charge in [-0.1, -0.05) is 12.1 Å². The first-order valence-electron chi connectivity index (χ1n) is 8.98. The maximum Gasteiger partial charge on any atom is 0.118 e. The Kier molecular flexibility index (Phi) is 4.41. The van der Waals surface area contributed by atoms with E-state index in [1.54, 1.807) is 7.11 Å². The highest BCUT2D eigenvalue weighted by molar-refractivity contribution is 5.20. The highest BCUT2D eigenvalue weighted by Gasteiger charge is 2.33. The van der Waals surface area contributed by atoms with Crippen LogP contribution in [0.2, 0.25) is 0 Å². The average molecular weight is 330 g/mol. The number of fused-ring (bicyclic) bond motifs is 1. The molecule has 0 amide bonds. The van der Waals surface area contributed by atoms with Gasteiger partial charge in [0.1, 0.15) is 17.2 Å². The molecule has 1 atom stereocenters. The van der Waals surface area contributed by atoms with Gasteiger partial charge < -0.3 is 9.15 Å². The van der Waals surface area contributed by atoms with Crippen molar-refractivity contribution in [3.63, 3.8) is 0 Å². The Balaban J connectivity index is 1.52. The van der Waals surface area contributed by atoms with E-state index >= 15 is 0 Å². The van der Waals surface area contributed by atoms with Crippen LogP contribution in [0.1, 0.15) is 48.6 Å². The molecule has 0 N–H and O–H groups in total. The lowest BCUT2D eigenvalue weighted by Crippen LogP contribution is -2.36. The van der Waals surface area contributed by atoms with Crippen LogP contribution in [0.15, 0.2) is 16.5 Å². The van der Waals surface area contributed by atoms with Crippen LogP contribution in [0.4, 0.5) is 0 Å². The van der Waals surface area contributed by atoms with E-state index in [2.05, 4.69) is 39.0 Å². The molecular weight excluding hydrogens is 304 g/mol. The lowest BCUT2D eigenvalue weighted by molar-refractivity contribution is 0.127. The summed E-state index contributed by atoms with van der Waals surface area (Å²) in [6.45, 7) is 6.45. The lowest BCUT2D eigenvalue weighted by Gasteiger charge is -2.31. The standard InChI is InChI=1S/C18H26N4O2/c1-3-15-6-7-16(24-15)10-21-9-14(12-23-2)18-17(11-21)19-20-22(18)8-13-4-5-13/h6-7,13-14H,3-5,8-12H2,1-2H3/t14-/m1/s1. The summed E-state index contributed by atoms with van der Waals surface area (Å²) in [5.41, 5.74) is 2.39. The van der Waals surface area contributed by atoms with E-state index in [0.29, 0.717) is 12.5 Å². The maximum absolute atomic E-state index is 5.87. The number of hydrogen-bond donors (Lipinski definition) is 0. The fourth-order valence-corrected chi connectivity index (χ4v) is 3.64. The third kappa shape index (κ3) is 3.26. The number of ether oxygens (including phenoxy) is 1. The SMILES string of the molecule is CCc1ccc(CN2Cc3nnn(CC4CC4)c3[C@@H](COC)C2)o1. The van der Waals surface area contributed by atoms with Gasteiger partial charge in [-0.3, -0.25) is 4.90 Å². The Morgan fingerprint density at radius 2 is 2.12 bits per heavy atom. The summed E-state index contributed by atoms with van der Waals surface area (Å²) in [4.78, 5) is 2.39. The molecule has 24 heavy (non-hydrogen) atoms. The monoisotopic (exact) mass is 330 g/mol. The third-order valence-corrected chi connectivity index (χ3v) is 5.03. The molecule has 0 radical (unpaired) electrons. The molecule has 4 rings (SSSR count). The molecule has 0 spiro atoms. The molecule has 0 aromatic carbocycles. The highest BCUT2D eigenvalue weighted by atomic mass is 16.5. The van der Waals surface area contributed by atoms with Crippen molar-refractivity contribution in [3.8, 4) is 0 Å². The molecule has 0 unspecified atom stereocenters. The van der Waals surface area contributed by atoms with Crippen LogP contribution in [0.25, 0.3) is 0 Å². The molecular formula is C18H26N4O2. The summed E-state index contributed by atoms with van der Waals surface area (Å²) in [6.07, 6.45) is 3.59. The Bertz CT molecular complexity index is 689. The fraction of sp³-hybridized carbons (Fsp3) is 0.667. The number of methoxy groups -OCH3 is 1. The van der Waals surface area contributed by atoms with Crippen molar-refractivity contribution in [1.29, 1.82) is 0 Å². The summed E-state index contributed by atoms with van der Waals surface area (Å²) in [5, 5.41) is 8.90. The van der Waals surface area contributed by atoms with E-state index in [1.165, 1.54) is 18.5 Å². The Labute approximate surface area is 142 Å². The maximum atomic E-state index is 5.87. The number of hydrogen-bond acceptors (Lipinski definition) is 5. The highest BCUT2D eigenvalue weighted by Crippen LogP contribution is 2.34. The summed E-state index contributed by atoms with van der Waals surface area (Å²) in [6, 6.07) is 4.16. The van der Waals surface area contributed by atoms with Crippen molar-refractivity contribution in [2.75, 3.05) is 20.3 Å². The van der Waals surface area contributed by atoms with Crippen LogP contribution in [-0.2, 0) is 30.8 Å². The topological polar surface area (TPSA) is 56.3 Å². The molecule has 1 saturated carbocycles. The number of rotatable bonds is 7. The fourth-order valence-electron chi connectivity index (χ4n) is 3.64. The minimum absolute atomic E-state index is 0.327. The van der Waals surface area contributed by atoms with Gasteiger partial charge in [0.05, 0.1) is 18.8 Å². The van der Waals surface area contributed by atoms with Gasteiger partial charge in [0.15, 0.2) is 0 Å². The zero-order valence-electron chi connectivity index (χ0n) is 14.6. The van der Waals surface area contributed by atoms with Crippen LogP contribution in [0, 0.1) is 5.92 Å². The molecule has 6 nitrogen and oxygen atoms in total. The van der Waals surface area contributed by atoms with E-state index in [1.807, 2.05) is 0 Å². The van der Waals surface area contributed by atoms with Crippen molar-refractivity contribution < 1.29 is 9.15 Å². The predicted molar refractivity (Wildman–Crippen MR) is 89.6 cm³/mol. The van der Waals surface area contributed by atoms with Crippen molar-refractivity contribution in [1.82, 2.24) is 19.9 Å². The van der Waals surface area contributed by atoms with Crippen molar-refractivity contribution in [2.45, 2.75) is 51.7 Å². The first kappa shape index (κ1) is 15.8. The second kappa shape index (κ2) is 6.69. The van der Waals surface area contributed by atoms with Crippen LogP contribution in [0.5, 0.6) is 0 Å². The van der Waals surface area contributed by atoms with Gasteiger partial charge in [-0.25, -0.2) is 4.68 Å². The molecule has 2 aromatic heterocycles. The van der Waals surface area contributed by atoms with Gasteiger partial charge in [0.2, 0.25) is 0 Å². The molecule has 2 aliphatic rings. The van der Waals surface area contributed by atoms with E-state index in [9.17, 15) is 0 Å². The van der Waals surface area contributed by atoms with Crippen LogP contribution in [-0.4, -0.2) is 40.2 Å². The van der Waals surface area contributed by atoms with E-state index in [0.717, 1.165) is 55.7 Å². The quantitative estimate of drug-likeness (QED) is 0.781. The van der Waals surface area contributed by atoms with Crippen molar-refractivity contribution >= 4 is 0 Å². The number of aromatic nitrogens is 3. The Hall–Kier alpha value is -1.66. The van der Waals surface area contributed by atoms with Crippen LogP contribution < -0.4 is 0 Å². The molecule has 1 aliphatic carbocycles. The smallest absolute Gasteiger partial charge is 0.118 e. The summed E-state index contributed by atoms with van der Waals surface area (Å²) >= 11 is 0. The van der Waals surface area contributed by atoms with E-state index < -0.39 is 0 Å². The van der Waals surface area contributed by atoms with Crippen molar-refractivity contribution in [3.05, 3.63) is 35.0 Å². The predicted octanol–water partition coefficient (Wildman–Crippen LogP) is 2.59. The second-order valence-electron chi connectivity index (χ2n) is 7.09. The average Bonchev–Trinajstić information content (AvgIpc) is 3.12. The van der Waals surface area contributed by atoms with Gasteiger partial charge in [0.25, 0.3) is 0 Å². The molecule has 0 saturated heterocycles. The van der Waals surface area contributed by atoms with E-state index in [-0.39, 0.29) is 0 Å². The summed E-state index contributed by atoms with van der Waals surface area (Å²) in [7, 11) is 1.77. The minimum atomic E-state index is 0.327. The molecule has 0 bridgehead atoms. The molecule has 130 valence electrons. The molecule has 1 aliphatic heterocycles. The number of aryl methyl sites for hydroxylation is 1. The molecule has 3 heterocycles. The zero-order valence-corrected chi connectivity index (χ0v) is 14.6. The summed E-state index contributed by atoms with van der Waals surface area (Å²) in [5.74, 6) is 3.20. The first-order chi connectivity index (χ1) is 11.8. The van der Waals surface area contributed by atoms with Crippen LogP contribution in [0.3, 0.4) is 0 Å². The minimum Gasteiger partial charge on any atom is -0.465 e. The Morgan fingerprint density at radius 3 is 2.83 bits per heavy atom. The van der Waals surface area contributed by atoms with Crippen LogP contribution >= 0.6 is 0 Å². The van der Waals surface area contributed by atoms with Gasteiger partial charge >= 0.3 is 0 Å². The van der Waals surface area contributed by atoms with Gasteiger partial charge in [-0.2, -0.15) is 0 Å². The molecule has 6 heteroatoms. The zero-order chi connectivity index (χ0) is 16.5. The van der Waals surface area contributed by atoms with Crippen molar-refractivity contribution in [2.24, 2.45) is 5.92 Å². The summed E-state index contributed by atoms with van der Waals surface area (Å²) < 4.78 is 13.5. The van der Waals surface area contributed by atoms with Gasteiger partial charge in [-0.05, 0) is 30.9 Å². The lowest BCUT2D eigenvalue weighted by atomic mass is 9.98. The van der Waals surface area contributed by atoms with E-state index in [4.69, 9.17) is 9.15 Å². The normalized spacial score (nSPS) is 21.2. The molecule has 1 fully saturated rings. The Morgan fingerprint density at radius 1 is 1.29 bits per heavy atom. The van der Waals surface area contributed by atoms with Gasteiger partial charge in [-0.15, -0.1) is 5.10 Å². The number of furan rings is 1. The largest absolute Gasteiger partial charge is 0.465 e. The van der Waals surface area contributed by atoms with Gasteiger partial charge in [0, 0.05) is 39.1 Å². The third-order valence-electron chi connectivity index (χ3n) is 5.03.